The van der Waals surface area contributed by atoms with Gasteiger partial charge in [-0.3, -0.25) is 4.68 Å². The van der Waals surface area contributed by atoms with Crippen LogP contribution in [0.3, 0.4) is 0 Å². The smallest absolute Gasteiger partial charge is 0.151 e. The lowest BCUT2D eigenvalue weighted by Gasteiger charge is -2.18. The molecule has 0 radical (unpaired) electrons. The van der Waals surface area contributed by atoms with Crippen LogP contribution in [0.25, 0.3) is 10.2 Å². The summed E-state index contributed by atoms with van der Waals surface area (Å²) in [6.45, 7) is 6.51. The third-order valence-electron chi connectivity index (χ3n) is 3.39. The van der Waals surface area contributed by atoms with Crippen molar-refractivity contribution in [2.45, 2.75) is 36.4 Å². The van der Waals surface area contributed by atoms with Crippen molar-refractivity contribution in [2.24, 2.45) is 0 Å². The fourth-order valence-electron chi connectivity index (χ4n) is 2.03. The van der Waals surface area contributed by atoms with Gasteiger partial charge < -0.3 is 0 Å². The number of aromatic nitrogens is 3. The molecule has 0 bridgehead atoms. The average Bonchev–Trinajstić information content (AvgIpc) is 3.03. The van der Waals surface area contributed by atoms with E-state index in [4.69, 9.17) is 0 Å². The second-order valence-electron chi connectivity index (χ2n) is 5.01. The first-order chi connectivity index (χ1) is 9.63. The fraction of sp³-hybridized carbons (Fsp3) is 0.333. The maximum atomic E-state index is 4.69. The number of benzene rings is 1. The maximum Gasteiger partial charge on any atom is 0.151 e. The molecule has 3 nitrogen and oxygen atoms in total. The van der Waals surface area contributed by atoms with Gasteiger partial charge in [-0.2, -0.15) is 5.10 Å². The summed E-state index contributed by atoms with van der Waals surface area (Å²) >= 11 is 3.59. The highest BCUT2D eigenvalue weighted by atomic mass is 32.2. The number of hydrogen-bond acceptors (Lipinski definition) is 4. The van der Waals surface area contributed by atoms with Gasteiger partial charge in [-0.05, 0) is 31.5 Å². The van der Waals surface area contributed by atoms with Crippen LogP contribution in [0.4, 0.5) is 0 Å². The molecule has 0 saturated heterocycles. The lowest BCUT2D eigenvalue weighted by Crippen LogP contribution is -2.16. The van der Waals surface area contributed by atoms with E-state index in [1.54, 1.807) is 11.3 Å². The summed E-state index contributed by atoms with van der Waals surface area (Å²) in [5.41, 5.74) is 2.30. The molecule has 0 amide bonds. The van der Waals surface area contributed by atoms with Crippen LogP contribution in [0.15, 0.2) is 41.0 Å². The summed E-state index contributed by atoms with van der Waals surface area (Å²) in [5.74, 6) is 0. The number of aryl methyl sites for hydroxylation is 1. The van der Waals surface area contributed by atoms with Gasteiger partial charge in [0.1, 0.15) is 0 Å². The minimum atomic E-state index is 0.348. The molecule has 1 aromatic carbocycles. The average molecular weight is 303 g/mol. The van der Waals surface area contributed by atoms with Crippen molar-refractivity contribution in [2.75, 3.05) is 0 Å². The molecule has 0 saturated carbocycles. The van der Waals surface area contributed by atoms with E-state index in [0.29, 0.717) is 11.3 Å². The first-order valence-corrected chi connectivity index (χ1v) is 8.36. The Kier molecular flexibility index (Phi) is 3.81. The third kappa shape index (κ3) is 2.74. The molecule has 2 atom stereocenters. The molecule has 0 fully saturated rings. The first-order valence-electron chi connectivity index (χ1n) is 6.66. The van der Waals surface area contributed by atoms with Gasteiger partial charge in [0.25, 0.3) is 0 Å². The zero-order valence-electron chi connectivity index (χ0n) is 11.8. The molecule has 3 aromatic rings. The molecule has 3 rings (SSSR count). The predicted octanol–water partition coefficient (Wildman–Crippen LogP) is 4.54. The van der Waals surface area contributed by atoms with Gasteiger partial charge in [0.2, 0.25) is 0 Å². The highest BCUT2D eigenvalue weighted by Crippen LogP contribution is 2.35. The quantitative estimate of drug-likeness (QED) is 0.663. The maximum absolute atomic E-state index is 4.69. The van der Waals surface area contributed by atoms with Crippen LogP contribution < -0.4 is 0 Å². The van der Waals surface area contributed by atoms with Crippen molar-refractivity contribution >= 4 is 33.3 Å². The predicted molar refractivity (Wildman–Crippen MR) is 86.6 cm³/mol. The van der Waals surface area contributed by atoms with E-state index in [0.717, 1.165) is 9.86 Å². The van der Waals surface area contributed by atoms with Gasteiger partial charge >= 0.3 is 0 Å². The first kappa shape index (κ1) is 13.6. The molecule has 0 N–H and O–H groups in total. The van der Waals surface area contributed by atoms with E-state index in [1.807, 2.05) is 28.7 Å². The Balaban J connectivity index is 1.76. The van der Waals surface area contributed by atoms with Crippen molar-refractivity contribution in [3.05, 3.63) is 42.2 Å². The molecule has 0 aliphatic rings. The summed E-state index contributed by atoms with van der Waals surface area (Å²) in [6, 6.07) is 8.64. The summed E-state index contributed by atoms with van der Waals surface area (Å²) in [4.78, 5) is 4.69. The van der Waals surface area contributed by atoms with Gasteiger partial charge in [0.05, 0.1) is 22.5 Å². The normalized spacial score (nSPS) is 14.6. The number of rotatable bonds is 4. The Bertz CT molecular complexity index is 684. The molecule has 104 valence electrons. The zero-order chi connectivity index (χ0) is 14.1. The summed E-state index contributed by atoms with van der Waals surface area (Å²) < 4.78 is 4.43. The van der Waals surface area contributed by atoms with Crippen LogP contribution in [0.5, 0.6) is 0 Å². The van der Waals surface area contributed by atoms with E-state index < -0.39 is 0 Å². The Morgan fingerprint density at radius 2 is 2.05 bits per heavy atom. The van der Waals surface area contributed by atoms with E-state index in [-0.39, 0.29) is 0 Å². The Labute approximate surface area is 127 Å². The van der Waals surface area contributed by atoms with Crippen LogP contribution in [0.2, 0.25) is 0 Å². The number of fused-ring (bicyclic) bond motifs is 1. The van der Waals surface area contributed by atoms with E-state index >= 15 is 0 Å². The van der Waals surface area contributed by atoms with Gasteiger partial charge in [0.15, 0.2) is 4.34 Å². The number of nitrogens with zero attached hydrogens (tertiary/aromatic N) is 3. The molecule has 5 heteroatoms. The molecule has 0 aliphatic carbocycles. The topological polar surface area (TPSA) is 30.7 Å². The van der Waals surface area contributed by atoms with Crippen molar-refractivity contribution in [1.82, 2.24) is 14.8 Å². The minimum Gasteiger partial charge on any atom is -0.269 e. The van der Waals surface area contributed by atoms with Gasteiger partial charge in [-0.15, -0.1) is 11.3 Å². The molecule has 2 heterocycles. The second kappa shape index (κ2) is 5.58. The highest BCUT2D eigenvalue weighted by molar-refractivity contribution is 8.01. The van der Waals surface area contributed by atoms with Crippen molar-refractivity contribution < 1.29 is 0 Å². The van der Waals surface area contributed by atoms with Crippen LogP contribution in [-0.4, -0.2) is 20.0 Å². The minimum absolute atomic E-state index is 0.348. The van der Waals surface area contributed by atoms with Crippen molar-refractivity contribution in [3.63, 3.8) is 0 Å². The molecule has 2 aromatic heterocycles. The largest absolute Gasteiger partial charge is 0.269 e. The monoisotopic (exact) mass is 303 g/mol. The van der Waals surface area contributed by atoms with Crippen LogP contribution >= 0.6 is 23.1 Å². The SMILES string of the molecule is Cc1cnn([C@H](C)[C@H](C)Sc2nc3ccccc3s2)c1. The lowest BCUT2D eigenvalue weighted by molar-refractivity contribution is 0.487. The van der Waals surface area contributed by atoms with Gasteiger partial charge in [-0.1, -0.05) is 30.8 Å². The van der Waals surface area contributed by atoms with E-state index in [2.05, 4.69) is 55.2 Å². The number of hydrogen-bond donors (Lipinski definition) is 0. The van der Waals surface area contributed by atoms with Crippen LogP contribution in [-0.2, 0) is 0 Å². The van der Waals surface area contributed by atoms with E-state index in [1.165, 1.54) is 10.3 Å². The summed E-state index contributed by atoms with van der Waals surface area (Å²) in [7, 11) is 0. The fourth-order valence-corrected chi connectivity index (χ4v) is 4.43. The Hall–Kier alpha value is -1.33. The summed E-state index contributed by atoms with van der Waals surface area (Å²) in [6.07, 6.45) is 4.01. The van der Waals surface area contributed by atoms with E-state index in [9.17, 15) is 0 Å². The number of para-hydroxylation sites is 1. The molecule has 0 unspecified atom stereocenters. The van der Waals surface area contributed by atoms with Crippen LogP contribution in [0.1, 0.15) is 25.5 Å². The number of thiazole rings is 1. The standard InChI is InChI=1S/C15H17N3S2/c1-10-8-16-18(9-10)11(2)12(3)19-15-17-13-6-4-5-7-14(13)20-15/h4-9,11-12H,1-3H3/t11-,12+/m1/s1. The molecular formula is C15H17N3S2. The Morgan fingerprint density at radius 3 is 2.75 bits per heavy atom. The van der Waals surface area contributed by atoms with Crippen molar-refractivity contribution in [3.8, 4) is 0 Å². The van der Waals surface area contributed by atoms with Crippen molar-refractivity contribution in [1.29, 1.82) is 0 Å². The number of thioether (sulfide) groups is 1. The lowest BCUT2D eigenvalue weighted by atomic mass is 10.2. The molecule has 0 aliphatic heterocycles. The molecule has 20 heavy (non-hydrogen) atoms. The van der Waals surface area contributed by atoms with Crippen LogP contribution in [0, 0.1) is 6.92 Å². The van der Waals surface area contributed by atoms with Gasteiger partial charge in [0, 0.05) is 11.4 Å². The molecular weight excluding hydrogens is 286 g/mol. The zero-order valence-corrected chi connectivity index (χ0v) is 13.4. The molecule has 0 spiro atoms. The summed E-state index contributed by atoms with van der Waals surface area (Å²) in [5, 5.41) is 4.83. The second-order valence-corrected chi connectivity index (χ2v) is 7.66. The highest BCUT2D eigenvalue weighted by Gasteiger charge is 2.18. The Morgan fingerprint density at radius 1 is 1.25 bits per heavy atom. The van der Waals surface area contributed by atoms with Gasteiger partial charge in [-0.25, -0.2) is 4.98 Å². The third-order valence-corrected chi connectivity index (χ3v) is 5.82.